The molecule has 0 aliphatic carbocycles. The van der Waals surface area contributed by atoms with E-state index in [1.165, 1.54) is 141 Å². The summed E-state index contributed by atoms with van der Waals surface area (Å²) >= 11 is 0. The number of carbonyl (C=O) groups is 6. The number of esters is 2. The van der Waals surface area contributed by atoms with E-state index in [9.17, 15) is 38.2 Å². The molecule has 72 heavy (non-hydrogen) atoms. The van der Waals surface area contributed by atoms with Gasteiger partial charge in [0.25, 0.3) is 19.6 Å². The molecule has 2 atom stereocenters. The molecule has 0 saturated carbocycles. The Balaban J connectivity index is 0.0000504. The Morgan fingerprint density at radius 1 is 0.528 bits per heavy atom. The van der Waals surface area contributed by atoms with Gasteiger partial charge in [-0.05, 0) is 12.8 Å². The SMILES string of the molecule is CCCCCCCCCCCCCCCCCC(=O)OCC(COP(=O)([O-])OCCNC(=O)OCCOCCNC(=O)CCN1C(=O)C=CC1=O)OC(=O)CCCCCCCCCCCCCCCCC.[NH4+]. The van der Waals surface area contributed by atoms with Crippen molar-refractivity contribution < 1.29 is 66.2 Å². The van der Waals surface area contributed by atoms with Crippen LogP contribution in [-0.2, 0) is 56.5 Å². The van der Waals surface area contributed by atoms with Gasteiger partial charge in [0, 0.05) is 51.0 Å². The first-order valence-electron chi connectivity index (χ1n) is 27.7. The van der Waals surface area contributed by atoms with E-state index >= 15 is 0 Å². The predicted octanol–water partition coefficient (Wildman–Crippen LogP) is 11.0. The highest BCUT2D eigenvalue weighted by atomic mass is 31.2. The van der Waals surface area contributed by atoms with Gasteiger partial charge >= 0.3 is 18.0 Å². The molecule has 0 aromatic rings. The molecule has 0 aromatic heterocycles. The Kier molecular flexibility index (Phi) is 46.2. The second kappa shape index (κ2) is 48.5. The van der Waals surface area contributed by atoms with E-state index in [-0.39, 0.29) is 77.4 Å². The van der Waals surface area contributed by atoms with Crippen molar-refractivity contribution in [2.24, 2.45) is 0 Å². The Labute approximate surface area is 433 Å². The number of imide groups is 1. The van der Waals surface area contributed by atoms with Gasteiger partial charge in [-0.3, -0.25) is 33.4 Å². The number of nitrogens with zero attached hydrogens (tertiary/aromatic N) is 1. The van der Waals surface area contributed by atoms with Gasteiger partial charge in [-0.2, -0.15) is 0 Å². The van der Waals surface area contributed by atoms with Crippen molar-refractivity contribution in [1.82, 2.24) is 21.7 Å². The van der Waals surface area contributed by atoms with Gasteiger partial charge in [0.1, 0.15) is 13.2 Å². The highest BCUT2D eigenvalue weighted by Crippen LogP contribution is 2.38. The zero-order valence-corrected chi connectivity index (χ0v) is 45.9. The lowest BCUT2D eigenvalue weighted by atomic mass is 10.0. The molecule has 4 amide bonds. The molecule has 0 aromatic carbocycles. The highest BCUT2D eigenvalue weighted by molar-refractivity contribution is 7.45. The van der Waals surface area contributed by atoms with Gasteiger partial charge in [-0.25, -0.2) is 4.79 Å². The number of rotatable bonds is 51. The summed E-state index contributed by atoms with van der Waals surface area (Å²) in [7, 11) is -4.92. The van der Waals surface area contributed by atoms with E-state index in [2.05, 4.69) is 24.5 Å². The maximum atomic E-state index is 12.8. The molecule has 1 aliphatic heterocycles. The van der Waals surface area contributed by atoms with Crippen LogP contribution in [0.4, 0.5) is 4.79 Å². The first-order chi connectivity index (χ1) is 34.5. The molecule has 1 aliphatic rings. The van der Waals surface area contributed by atoms with Crippen molar-refractivity contribution in [2.75, 3.05) is 59.3 Å². The summed E-state index contributed by atoms with van der Waals surface area (Å²) in [6.07, 6.45) is 36.7. The van der Waals surface area contributed by atoms with Crippen LogP contribution in [0.1, 0.15) is 226 Å². The van der Waals surface area contributed by atoms with E-state index < -0.39 is 57.0 Å². The van der Waals surface area contributed by atoms with E-state index in [0.29, 0.717) is 12.8 Å². The van der Waals surface area contributed by atoms with Crippen LogP contribution in [0.2, 0.25) is 0 Å². The van der Waals surface area contributed by atoms with Gasteiger partial charge in [-0.1, -0.05) is 194 Å². The van der Waals surface area contributed by atoms with Gasteiger partial charge in [0.05, 0.1) is 26.4 Å². The molecule has 420 valence electrons. The molecule has 6 N–H and O–H groups in total. The van der Waals surface area contributed by atoms with Crippen LogP contribution >= 0.6 is 7.82 Å². The third-order valence-electron chi connectivity index (χ3n) is 12.2. The van der Waals surface area contributed by atoms with E-state index in [1.807, 2.05) is 0 Å². The number of amides is 4. The highest BCUT2D eigenvalue weighted by Gasteiger charge is 2.24. The van der Waals surface area contributed by atoms with Crippen LogP contribution in [0.15, 0.2) is 12.2 Å². The maximum absolute atomic E-state index is 12.8. The molecular weight excluding hydrogens is 948 g/mol. The third-order valence-corrected chi connectivity index (χ3v) is 13.2. The fraction of sp³-hybridized carbons (Fsp3) is 0.849. The smallest absolute Gasteiger partial charge is 0.407 e. The summed E-state index contributed by atoms with van der Waals surface area (Å²) < 4.78 is 43.7. The molecule has 1 heterocycles. The van der Waals surface area contributed by atoms with Crippen LogP contribution in [0, 0.1) is 0 Å². The average Bonchev–Trinajstić information content (AvgIpc) is 3.67. The number of phosphoric ester groups is 1. The monoisotopic (exact) mass is 1050 g/mol. The first kappa shape index (κ1) is 68.6. The summed E-state index contributed by atoms with van der Waals surface area (Å²) in [5.41, 5.74) is 0. The summed E-state index contributed by atoms with van der Waals surface area (Å²) in [5, 5.41) is 4.94. The lowest BCUT2D eigenvalue weighted by Crippen LogP contribution is -2.35. The van der Waals surface area contributed by atoms with Gasteiger partial charge in [0.2, 0.25) is 5.91 Å². The number of nitrogens with one attached hydrogen (secondary N) is 2. The standard InChI is InChI=1S/C53H96N3O14P.H3N/c1-3-5-7-9-11-13-15-17-19-21-23-25-27-29-31-33-51(60)67-45-47(70-52(61)34-32-30-28-26-24-22-20-18-16-14-12-10-8-6-4-2)46-69-71(63,64)68-42-39-55-53(62)66-44-43-65-41-38-54-48(57)37-40-56-49(58)35-36-50(56)59;/h35-36,47H,3-34,37-46H2,1-2H3,(H,54,57)(H,55,62)(H,63,64);1H3. The third kappa shape index (κ3) is 43.0. The predicted molar refractivity (Wildman–Crippen MR) is 279 cm³/mol. The van der Waals surface area contributed by atoms with Crippen molar-refractivity contribution in [1.29, 1.82) is 0 Å². The number of quaternary nitrogens is 1. The van der Waals surface area contributed by atoms with Crippen LogP contribution in [0.5, 0.6) is 0 Å². The van der Waals surface area contributed by atoms with Crippen LogP contribution in [0.25, 0.3) is 0 Å². The summed E-state index contributed by atoms with van der Waals surface area (Å²) in [6, 6.07) is 0. The molecule has 0 bridgehead atoms. The zero-order chi connectivity index (χ0) is 51.9. The molecule has 0 spiro atoms. The second-order valence-electron chi connectivity index (χ2n) is 18.7. The van der Waals surface area contributed by atoms with Crippen molar-refractivity contribution in [3.8, 4) is 0 Å². The number of alkyl carbamates (subject to hydrolysis) is 1. The molecular formula is C53H99N4O14P. The Morgan fingerprint density at radius 3 is 1.43 bits per heavy atom. The fourth-order valence-corrected chi connectivity index (χ4v) is 8.72. The largest absolute Gasteiger partial charge is 0.756 e. The molecule has 2 unspecified atom stereocenters. The average molecular weight is 1050 g/mol. The number of hydrogen-bond acceptors (Lipinski definition) is 14. The number of hydrogen-bond donors (Lipinski definition) is 3. The normalized spacial score (nSPS) is 13.4. The van der Waals surface area contributed by atoms with Crippen molar-refractivity contribution in [3.05, 3.63) is 12.2 Å². The molecule has 0 fully saturated rings. The lowest BCUT2D eigenvalue weighted by molar-refractivity contribution is -0.228. The zero-order valence-electron chi connectivity index (χ0n) is 45.0. The van der Waals surface area contributed by atoms with E-state index in [1.54, 1.807) is 0 Å². The van der Waals surface area contributed by atoms with E-state index in [4.69, 9.17) is 28.0 Å². The van der Waals surface area contributed by atoms with Crippen molar-refractivity contribution >= 4 is 43.6 Å². The van der Waals surface area contributed by atoms with Crippen LogP contribution < -0.4 is 21.7 Å². The molecule has 19 heteroatoms. The van der Waals surface area contributed by atoms with Crippen LogP contribution in [-0.4, -0.2) is 106 Å². The van der Waals surface area contributed by atoms with Crippen molar-refractivity contribution in [2.45, 2.75) is 232 Å². The summed E-state index contributed by atoms with van der Waals surface area (Å²) in [6.45, 7) is 2.95. The molecule has 0 radical (unpaired) electrons. The maximum Gasteiger partial charge on any atom is 0.407 e. The molecule has 0 saturated heterocycles. The lowest BCUT2D eigenvalue weighted by Gasteiger charge is -2.25. The first-order valence-corrected chi connectivity index (χ1v) is 29.2. The molecule has 1 rings (SSSR count). The van der Waals surface area contributed by atoms with Gasteiger partial charge < -0.3 is 49.7 Å². The summed E-state index contributed by atoms with van der Waals surface area (Å²) in [5.74, 6) is -2.27. The topological polar surface area (TPSA) is 262 Å². The minimum Gasteiger partial charge on any atom is -0.756 e. The number of ether oxygens (including phenoxy) is 4. The van der Waals surface area contributed by atoms with Gasteiger partial charge in [-0.15, -0.1) is 0 Å². The van der Waals surface area contributed by atoms with Crippen LogP contribution in [0.3, 0.4) is 0 Å². The number of phosphoric acid groups is 1. The number of unbranched alkanes of at least 4 members (excludes halogenated alkanes) is 28. The number of carbonyl (C=O) groups excluding carboxylic acids is 6. The molecule has 18 nitrogen and oxygen atoms in total. The Morgan fingerprint density at radius 2 is 0.958 bits per heavy atom. The van der Waals surface area contributed by atoms with E-state index in [0.717, 1.165) is 55.6 Å². The summed E-state index contributed by atoms with van der Waals surface area (Å²) in [4.78, 5) is 86.0. The van der Waals surface area contributed by atoms with Crippen molar-refractivity contribution in [3.63, 3.8) is 0 Å². The van der Waals surface area contributed by atoms with Gasteiger partial charge in [0.15, 0.2) is 6.10 Å². The minimum atomic E-state index is -4.92. The second-order valence-corrected chi connectivity index (χ2v) is 20.1. The Hall–Kier alpha value is -3.41. The Bertz CT molecular complexity index is 1470. The minimum absolute atomic E-state index is 0. The fourth-order valence-electron chi connectivity index (χ4n) is 7.98. The quantitative estimate of drug-likeness (QED) is 0.0168.